The Morgan fingerprint density at radius 1 is 0.972 bits per heavy atom. The lowest BCUT2D eigenvalue weighted by atomic mass is 10.1. The van der Waals surface area contributed by atoms with E-state index in [9.17, 15) is 9.59 Å². The van der Waals surface area contributed by atoms with E-state index in [1.54, 1.807) is 24.3 Å². The van der Waals surface area contributed by atoms with Gasteiger partial charge in [0.25, 0.3) is 11.8 Å². The number of amides is 2. The number of ether oxygens (including phenoxy) is 3. The molecule has 0 spiro atoms. The standard InChI is InChI=1S/C28H32N2O5S/c1-4-16-35-24-12-6-5-9-20(24)10-7-15-29-28(32)23(19-22-11-8-17-36-22)30-27(31)21-13-14-25(33-2)26(18-21)34-3/h5-6,8-9,11-14,17-19H,4,7,10,15-16H2,1-3H3,(H,29,32)(H,30,31)/b23-19-. The van der Waals surface area contributed by atoms with Gasteiger partial charge in [0.05, 0.1) is 20.8 Å². The van der Waals surface area contributed by atoms with Crippen molar-refractivity contribution in [2.24, 2.45) is 0 Å². The first-order valence-electron chi connectivity index (χ1n) is 11.8. The van der Waals surface area contributed by atoms with Gasteiger partial charge in [0, 0.05) is 17.0 Å². The van der Waals surface area contributed by atoms with Crippen LogP contribution in [-0.4, -0.2) is 39.2 Å². The Bertz CT molecular complexity index is 1170. The largest absolute Gasteiger partial charge is 0.493 e. The minimum absolute atomic E-state index is 0.170. The summed E-state index contributed by atoms with van der Waals surface area (Å²) < 4.78 is 16.3. The van der Waals surface area contributed by atoms with Crippen LogP contribution < -0.4 is 24.8 Å². The molecule has 3 rings (SSSR count). The molecule has 0 bridgehead atoms. The van der Waals surface area contributed by atoms with Crippen LogP contribution in [0.2, 0.25) is 0 Å². The van der Waals surface area contributed by atoms with Gasteiger partial charge in [0.1, 0.15) is 11.4 Å². The smallest absolute Gasteiger partial charge is 0.267 e. The summed E-state index contributed by atoms with van der Waals surface area (Å²) in [4.78, 5) is 26.8. The Labute approximate surface area is 216 Å². The van der Waals surface area contributed by atoms with E-state index in [1.807, 2.05) is 41.8 Å². The van der Waals surface area contributed by atoms with Gasteiger partial charge in [-0.1, -0.05) is 31.2 Å². The zero-order chi connectivity index (χ0) is 25.8. The predicted molar refractivity (Wildman–Crippen MR) is 143 cm³/mol. The summed E-state index contributed by atoms with van der Waals surface area (Å²) >= 11 is 1.48. The predicted octanol–water partition coefficient (Wildman–Crippen LogP) is 5.07. The summed E-state index contributed by atoms with van der Waals surface area (Å²) in [6.07, 6.45) is 4.11. The fourth-order valence-corrected chi connectivity index (χ4v) is 4.14. The molecule has 7 nitrogen and oxygen atoms in total. The average molecular weight is 509 g/mol. The van der Waals surface area contributed by atoms with E-state index >= 15 is 0 Å². The van der Waals surface area contributed by atoms with E-state index in [0.717, 1.165) is 35.5 Å². The van der Waals surface area contributed by atoms with Gasteiger partial charge in [-0.05, 0) is 66.6 Å². The van der Waals surface area contributed by atoms with Gasteiger partial charge in [-0.25, -0.2) is 0 Å². The fraction of sp³-hybridized carbons (Fsp3) is 0.286. The molecular formula is C28H32N2O5S. The number of carbonyl (C=O) groups excluding carboxylic acids is 2. The van der Waals surface area contributed by atoms with Crippen LogP contribution in [0.3, 0.4) is 0 Å². The lowest BCUT2D eigenvalue weighted by molar-refractivity contribution is -0.117. The van der Waals surface area contributed by atoms with E-state index in [2.05, 4.69) is 17.6 Å². The first-order chi connectivity index (χ1) is 17.5. The normalized spacial score (nSPS) is 11.0. The van der Waals surface area contributed by atoms with E-state index in [4.69, 9.17) is 14.2 Å². The van der Waals surface area contributed by atoms with Gasteiger partial charge >= 0.3 is 0 Å². The highest BCUT2D eigenvalue weighted by atomic mass is 32.1. The molecule has 3 aromatic rings. The highest BCUT2D eigenvalue weighted by Crippen LogP contribution is 2.27. The van der Waals surface area contributed by atoms with Crippen LogP contribution in [-0.2, 0) is 11.2 Å². The SMILES string of the molecule is CCCOc1ccccc1CCCNC(=O)/C(=C/c1cccs1)NC(=O)c1ccc(OC)c(OC)c1. The van der Waals surface area contributed by atoms with Crippen LogP contribution in [0.4, 0.5) is 0 Å². The Kier molecular flexibility index (Phi) is 10.4. The van der Waals surface area contributed by atoms with Crippen molar-refractivity contribution in [1.82, 2.24) is 10.6 Å². The maximum absolute atomic E-state index is 13.0. The molecular weight excluding hydrogens is 476 g/mol. The van der Waals surface area contributed by atoms with Crippen LogP contribution in [0.5, 0.6) is 17.2 Å². The number of rotatable bonds is 13. The monoisotopic (exact) mass is 508 g/mol. The minimum Gasteiger partial charge on any atom is -0.493 e. The molecule has 2 N–H and O–H groups in total. The maximum Gasteiger partial charge on any atom is 0.267 e. The molecule has 0 atom stereocenters. The average Bonchev–Trinajstić information content (AvgIpc) is 3.42. The molecule has 0 saturated carbocycles. The topological polar surface area (TPSA) is 85.9 Å². The highest BCUT2D eigenvalue weighted by molar-refractivity contribution is 7.10. The number of methoxy groups -OCH3 is 2. The van der Waals surface area contributed by atoms with Gasteiger partial charge in [0.2, 0.25) is 0 Å². The van der Waals surface area contributed by atoms with Gasteiger partial charge in [-0.2, -0.15) is 0 Å². The number of thiophene rings is 1. The summed E-state index contributed by atoms with van der Waals surface area (Å²) in [5.41, 5.74) is 1.63. The van der Waals surface area contributed by atoms with Crippen LogP contribution in [0, 0.1) is 0 Å². The van der Waals surface area contributed by atoms with Crippen molar-refractivity contribution >= 4 is 29.2 Å². The third-order valence-corrected chi connectivity index (χ3v) is 6.13. The molecule has 8 heteroatoms. The minimum atomic E-state index is -0.420. The van der Waals surface area contributed by atoms with Crippen LogP contribution in [0.25, 0.3) is 6.08 Å². The third-order valence-electron chi connectivity index (χ3n) is 5.31. The Balaban J connectivity index is 1.65. The first-order valence-corrected chi connectivity index (χ1v) is 12.7. The summed E-state index contributed by atoms with van der Waals surface area (Å²) in [7, 11) is 3.03. The van der Waals surface area contributed by atoms with Gasteiger partial charge < -0.3 is 24.8 Å². The van der Waals surface area contributed by atoms with E-state index < -0.39 is 5.91 Å². The molecule has 1 heterocycles. The summed E-state index contributed by atoms with van der Waals surface area (Å²) in [6, 6.07) is 16.6. The quantitative estimate of drug-likeness (QED) is 0.249. The van der Waals surface area contributed by atoms with E-state index in [1.165, 1.54) is 25.6 Å². The molecule has 190 valence electrons. The molecule has 0 fully saturated rings. The summed E-state index contributed by atoms with van der Waals surface area (Å²) in [6.45, 7) is 3.20. The second kappa shape index (κ2) is 13.9. The van der Waals surface area contributed by atoms with Crippen molar-refractivity contribution in [2.45, 2.75) is 26.2 Å². The number of nitrogens with one attached hydrogen (secondary N) is 2. The second-order valence-corrected chi connectivity index (χ2v) is 8.89. The van der Waals surface area contributed by atoms with Crippen molar-refractivity contribution in [1.29, 1.82) is 0 Å². The molecule has 1 aromatic heterocycles. The second-order valence-electron chi connectivity index (χ2n) is 7.91. The molecule has 2 aromatic carbocycles. The highest BCUT2D eigenvalue weighted by Gasteiger charge is 2.17. The van der Waals surface area contributed by atoms with Crippen LogP contribution >= 0.6 is 11.3 Å². The number of carbonyl (C=O) groups is 2. The number of para-hydroxylation sites is 1. The summed E-state index contributed by atoms with van der Waals surface area (Å²) in [5.74, 6) is 1.05. The van der Waals surface area contributed by atoms with Crippen molar-refractivity contribution < 1.29 is 23.8 Å². The lowest BCUT2D eigenvalue weighted by Crippen LogP contribution is -2.35. The Morgan fingerprint density at radius 2 is 1.78 bits per heavy atom. The molecule has 2 amide bonds. The lowest BCUT2D eigenvalue weighted by Gasteiger charge is -2.13. The van der Waals surface area contributed by atoms with Crippen LogP contribution in [0.15, 0.2) is 65.7 Å². The molecule has 0 unspecified atom stereocenters. The number of hydrogen-bond donors (Lipinski definition) is 2. The third kappa shape index (κ3) is 7.61. The molecule has 36 heavy (non-hydrogen) atoms. The maximum atomic E-state index is 13.0. The molecule has 0 aliphatic carbocycles. The fourth-order valence-electron chi connectivity index (χ4n) is 3.49. The van der Waals surface area contributed by atoms with Crippen molar-refractivity contribution in [3.8, 4) is 17.2 Å². The van der Waals surface area contributed by atoms with Crippen molar-refractivity contribution in [3.05, 3.63) is 81.7 Å². The molecule has 0 radical (unpaired) electrons. The van der Waals surface area contributed by atoms with Gasteiger partial charge in [0.15, 0.2) is 11.5 Å². The summed E-state index contributed by atoms with van der Waals surface area (Å²) in [5, 5.41) is 7.59. The van der Waals surface area contributed by atoms with E-state index in [0.29, 0.717) is 30.2 Å². The van der Waals surface area contributed by atoms with Gasteiger partial charge in [-0.3, -0.25) is 9.59 Å². The van der Waals surface area contributed by atoms with Crippen LogP contribution in [0.1, 0.15) is 40.6 Å². The number of hydrogen-bond acceptors (Lipinski definition) is 6. The van der Waals surface area contributed by atoms with Crippen molar-refractivity contribution in [3.63, 3.8) is 0 Å². The zero-order valence-corrected chi connectivity index (χ0v) is 21.7. The zero-order valence-electron chi connectivity index (χ0n) is 20.8. The molecule has 0 aliphatic rings. The van der Waals surface area contributed by atoms with Crippen molar-refractivity contribution in [2.75, 3.05) is 27.4 Å². The molecule has 0 saturated heterocycles. The molecule has 0 aliphatic heterocycles. The first kappa shape index (κ1) is 26.8. The number of benzene rings is 2. The Morgan fingerprint density at radius 3 is 2.50 bits per heavy atom. The number of aryl methyl sites for hydroxylation is 1. The Hall–Kier alpha value is -3.78. The van der Waals surface area contributed by atoms with E-state index in [-0.39, 0.29) is 11.6 Å². The van der Waals surface area contributed by atoms with Gasteiger partial charge in [-0.15, -0.1) is 11.3 Å².